The molecule has 25 heavy (non-hydrogen) atoms. The first kappa shape index (κ1) is 15.6. The van der Waals surface area contributed by atoms with E-state index in [4.69, 9.17) is 0 Å². The van der Waals surface area contributed by atoms with Gasteiger partial charge >= 0.3 is 0 Å². The van der Waals surface area contributed by atoms with Gasteiger partial charge in [-0.1, -0.05) is 18.2 Å². The van der Waals surface area contributed by atoms with Gasteiger partial charge in [0, 0.05) is 29.7 Å². The number of carbonyl (C=O) groups excluding carboxylic acids is 1. The summed E-state index contributed by atoms with van der Waals surface area (Å²) < 4.78 is 0. The van der Waals surface area contributed by atoms with Gasteiger partial charge in [-0.05, 0) is 49.6 Å². The summed E-state index contributed by atoms with van der Waals surface area (Å²) in [6.45, 7) is 2.04. The first-order valence-corrected chi connectivity index (χ1v) is 8.67. The van der Waals surface area contributed by atoms with E-state index in [1.807, 2.05) is 36.4 Å². The average Bonchev–Trinajstić information content (AvgIpc) is 2.69. The fourth-order valence-electron chi connectivity index (χ4n) is 3.27. The summed E-state index contributed by atoms with van der Waals surface area (Å²) in [6.07, 6.45) is 5.28. The van der Waals surface area contributed by atoms with Crippen LogP contribution in [0, 0.1) is 0 Å². The van der Waals surface area contributed by atoms with Gasteiger partial charge in [0.2, 0.25) is 0 Å². The Morgan fingerprint density at radius 2 is 1.76 bits per heavy atom. The van der Waals surface area contributed by atoms with Crippen LogP contribution in [0.3, 0.4) is 0 Å². The lowest BCUT2D eigenvalue weighted by molar-refractivity contribution is 0.102. The normalized spacial score (nSPS) is 14.5. The second kappa shape index (κ2) is 6.89. The van der Waals surface area contributed by atoms with Crippen LogP contribution in [0.4, 0.5) is 11.5 Å². The Morgan fingerprint density at radius 3 is 2.56 bits per heavy atom. The van der Waals surface area contributed by atoms with Gasteiger partial charge in [0.15, 0.2) is 0 Å². The predicted molar refractivity (Wildman–Crippen MR) is 100.0 cm³/mol. The van der Waals surface area contributed by atoms with Crippen molar-refractivity contribution in [2.24, 2.45) is 0 Å². The Bertz CT molecular complexity index is 889. The van der Waals surface area contributed by atoms with E-state index in [0.717, 1.165) is 35.5 Å². The van der Waals surface area contributed by atoms with Crippen LogP contribution in [-0.4, -0.2) is 29.0 Å². The number of nitrogens with one attached hydrogen (secondary N) is 1. The maximum atomic E-state index is 12.4. The Hall–Kier alpha value is -2.95. The fourth-order valence-corrected chi connectivity index (χ4v) is 3.27. The van der Waals surface area contributed by atoms with Crippen molar-refractivity contribution >= 4 is 28.3 Å². The molecule has 2 aromatic carbocycles. The number of hydrogen-bond donors (Lipinski definition) is 1. The molecule has 5 heteroatoms. The van der Waals surface area contributed by atoms with Crippen molar-refractivity contribution in [2.75, 3.05) is 23.3 Å². The van der Waals surface area contributed by atoms with E-state index in [1.54, 1.807) is 18.5 Å². The fraction of sp³-hybridized carbons (Fsp3) is 0.250. The third kappa shape index (κ3) is 3.31. The molecular formula is C20H20N4O. The van der Waals surface area contributed by atoms with E-state index in [2.05, 4.69) is 20.2 Å². The molecule has 126 valence electrons. The van der Waals surface area contributed by atoms with Crippen LogP contribution in [0.2, 0.25) is 0 Å². The van der Waals surface area contributed by atoms with Crippen LogP contribution in [0.1, 0.15) is 29.6 Å². The summed E-state index contributed by atoms with van der Waals surface area (Å²) in [6, 6.07) is 15.0. The first-order valence-electron chi connectivity index (χ1n) is 8.67. The summed E-state index contributed by atoms with van der Waals surface area (Å²) >= 11 is 0. The number of piperidine rings is 1. The van der Waals surface area contributed by atoms with Gasteiger partial charge in [-0.15, -0.1) is 0 Å². The van der Waals surface area contributed by atoms with Gasteiger partial charge in [-0.3, -0.25) is 4.79 Å². The van der Waals surface area contributed by atoms with E-state index >= 15 is 0 Å². The molecule has 1 saturated heterocycles. The van der Waals surface area contributed by atoms with Crippen molar-refractivity contribution in [3.8, 4) is 0 Å². The number of rotatable bonds is 3. The minimum atomic E-state index is -0.115. The molecule has 0 atom stereocenters. The molecule has 0 spiro atoms. The second-order valence-corrected chi connectivity index (χ2v) is 6.30. The lowest BCUT2D eigenvalue weighted by atomic mass is 10.1. The number of benzene rings is 2. The molecule has 4 rings (SSSR count). The zero-order chi connectivity index (χ0) is 17.1. The van der Waals surface area contributed by atoms with Crippen LogP contribution in [0.25, 0.3) is 10.9 Å². The smallest absolute Gasteiger partial charge is 0.255 e. The van der Waals surface area contributed by atoms with Gasteiger partial charge in [-0.2, -0.15) is 0 Å². The monoisotopic (exact) mass is 332 g/mol. The SMILES string of the molecule is O=C(Nc1ccc2ncnc(N3CCCCC3)c2c1)c1ccccc1. The second-order valence-electron chi connectivity index (χ2n) is 6.30. The molecule has 1 N–H and O–H groups in total. The van der Waals surface area contributed by atoms with Gasteiger partial charge in [0.25, 0.3) is 5.91 Å². The highest BCUT2D eigenvalue weighted by molar-refractivity contribution is 6.05. The third-order valence-corrected chi connectivity index (χ3v) is 4.56. The molecule has 0 saturated carbocycles. The third-order valence-electron chi connectivity index (χ3n) is 4.56. The Balaban J connectivity index is 1.65. The summed E-state index contributed by atoms with van der Waals surface area (Å²) in [4.78, 5) is 23.6. The minimum absolute atomic E-state index is 0.115. The minimum Gasteiger partial charge on any atom is -0.356 e. The summed E-state index contributed by atoms with van der Waals surface area (Å²) in [7, 11) is 0. The van der Waals surface area contributed by atoms with Crippen molar-refractivity contribution < 1.29 is 4.79 Å². The van der Waals surface area contributed by atoms with Crippen LogP contribution < -0.4 is 10.2 Å². The number of anilines is 2. The van der Waals surface area contributed by atoms with E-state index in [1.165, 1.54) is 19.3 Å². The van der Waals surface area contributed by atoms with Gasteiger partial charge in [0.1, 0.15) is 12.1 Å². The number of aromatic nitrogens is 2. The highest BCUT2D eigenvalue weighted by Crippen LogP contribution is 2.28. The summed E-state index contributed by atoms with van der Waals surface area (Å²) in [5.41, 5.74) is 2.30. The lowest BCUT2D eigenvalue weighted by Crippen LogP contribution is -2.30. The molecule has 1 amide bonds. The van der Waals surface area contributed by atoms with Crippen LogP contribution in [-0.2, 0) is 0 Å². The highest BCUT2D eigenvalue weighted by Gasteiger charge is 2.16. The van der Waals surface area contributed by atoms with Crippen molar-refractivity contribution in [2.45, 2.75) is 19.3 Å². The Morgan fingerprint density at radius 1 is 0.960 bits per heavy atom. The quantitative estimate of drug-likeness (QED) is 0.791. The molecule has 1 fully saturated rings. The molecule has 3 aromatic rings. The molecular weight excluding hydrogens is 312 g/mol. The number of hydrogen-bond acceptors (Lipinski definition) is 4. The molecule has 0 radical (unpaired) electrons. The van der Waals surface area contributed by atoms with Gasteiger partial charge in [-0.25, -0.2) is 9.97 Å². The maximum Gasteiger partial charge on any atom is 0.255 e. The topological polar surface area (TPSA) is 58.1 Å². The van der Waals surface area contributed by atoms with Gasteiger partial charge in [0.05, 0.1) is 5.52 Å². The molecule has 0 unspecified atom stereocenters. The number of carbonyl (C=O) groups is 1. The van der Waals surface area contributed by atoms with Crippen molar-refractivity contribution in [1.82, 2.24) is 9.97 Å². The molecule has 5 nitrogen and oxygen atoms in total. The van der Waals surface area contributed by atoms with E-state index in [-0.39, 0.29) is 5.91 Å². The van der Waals surface area contributed by atoms with Crippen LogP contribution in [0.15, 0.2) is 54.9 Å². The zero-order valence-electron chi connectivity index (χ0n) is 14.0. The lowest BCUT2D eigenvalue weighted by Gasteiger charge is -2.28. The molecule has 1 aromatic heterocycles. The number of amides is 1. The molecule has 0 aliphatic carbocycles. The predicted octanol–water partition coefficient (Wildman–Crippen LogP) is 3.87. The van der Waals surface area contributed by atoms with Crippen LogP contribution in [0.5, 0.6) is 0 Å². The Kier molecular flexibility index (Phi) is 4.29. The van der Waals surface area contributed by atoms with E-state index in [0.29, 0.717) is 5.56 Å². The van der Waals surface area contributed by atoms with Gasteiger partial charge < -0.3 is 10.2 Å². The van der Waals surface area contributed by atoms with Crippen molar-refractivity contribution in [1.29, 1.82) is 0 Å². The first-order chi connectivity index (χ1) is 12.3. The number of nitrogens with zero attached hydrogens (tertiary/aromatic N) is 3. The van der Waals surface area contributed by atoms with Crippen LogP contribution >= 0.6 is 0 Å². The van der Waals surface area contributed by atoms with Crippen molar-refractivity contribution in [3.63, 3.8) is 0 Å². The maximum absolute atomic E-state index is 12.4. The highest BCUT2D eigenvalue weighted by atomic mass is 16.1. The standard InChI is InChI=1S/C20H20N4O/c25-20(15-7-3-1-4-8-15)23-16-9-10-18-17(13-16)19(22-14-21-18)24-11-5-2-6-12-24/h1,3-4,7-10,13-14H,2,5-6,11-12H2,(H,23,25). The largest absolute Gasteiger partial charge is 0.356 e. The zero-order valence-corrected chi connectivity index (χ0v) is 14.0. The molecule has 1 aliphatic heterocycles. The summed E-state index contributed by atoms with van der Waals surface area (Å²) in [5, 5.41) is 3.95. The Labute approximate surface area is 146 Å². The molecule has 0 bridgehead atoms. The number of fused-ring (bicyclic) bond motifs is 1. The van der Waals surface area contributed by atoms with E-state index < -0.39 is 0 Å². The van der Waals surface area contributed by atoms with Crippen molar-refractivity contribution in [3.05, 3.63) is 60.4 Å². The molecule has 2 heterocycles. The average molecular weight is 332 g/mol. The molecule has 1 aliphatic rings. The van der Waals surface area contributed by atoms with E-state index in [9.17, 15) is 4.79 Å². The summed E-state index contributed by atoms with van der Waals surface area (Å²) in [5.74, 6) is 0.844.